The van der Waals surface area contributed by atoms with Gasteiger partial charge in [-0.25, -0.2) is 9.59 Å². The third-order valence-electron chi connectivity index (χ3n) is 2.73. The summed E-state index contributed by atoms with van der Waals surface area (Å²) in [5.41, 5.74) is 0.410. The normalized spacial score (nSPS) is 10.6. The van der Waals surface area contributed by atoms with E-state index in [1.165, 1.54) is 0 Å². The van der Waals surface area contributed by atoms with Crippen molar-refractivity contribution < 1.29 is 18.7 Å². The summed E-state index contributed by atoms with van der Waals surface area (Å²) in [6, 6.07) is 4.93. The van der Waals surface area contributed by atoms with Crippen molar-refractivity contribution in [3.8, 4) is 5.75 Å². The average molecular weight is 297 g/mol. The third-order valence-corrected chi connectivity index (χ3v) is 3.17. The van der Waals surface area contributed by atoms with E-state index in [9.17, 15) is 9.59 Å². The van der Waals surface area contributed by atoms with Crippen LogP contribution in [-0.4, -0.2) is 19.2 Å². The van der Waals surface area contributed by atoms with Crippen molar-refractivity contribution >= 4 is 28.5 Å². The molecule has 0 fully saturated rings. The average Bonchev–Trinajstić information content (AvgIpc) is 2.43. The second kappa shape index (κ2) is 5.96. The zero-order chi connectivity index (χ0) is 14.7. The van der Waals surface area contributed by atoms with Crippen LogP contribution in [0.5, 0.6) is 5.75 Å². The number of ether oxygens (including phenoxy) is 2. The highest BCUT2D eigenvalue weighted by molar-refractivity contribution is 6.31. The van der Waals surface area contributed by atoms with E-state index in [-0.39, 0.29) is 11.6 Å². The predicted octanol–water partition coefficient (Wildman–Crippen LogP) is 2.70. The predicted molar refractivity (Wildman–Crippen MR) is 74.4 cm³/mol. The van der Waals surface area contributed by atoms with E-state index in [1.807, 2.05) is 0 Å². The van der Waals surface area contributed by atoms with Gasteiger partial charge in [0.1, 0.15) is 16.4 Å². The Morgan fingerprint density at radius 3 is 2.85 bits per heavy atom. The Kier molecular flexibility index (Phi) is 4.29. The van der Waals surface area contributed by atoms with Gasteiger partial charge in [-0.3, -0.25) is 0 Å². The van der Waals surface area contributed by atoms with Crippen LogP contribution < -0.4 is 10.4 Å². The Hall–Kier alpha value is -2.01. The van der Waals surface area contributed by atoms with Gasteiger partial charge in [-0.1, -0.05) is 11.6 Å². The van der Waals surface area contributed by atoms with Gasteiger partial charge < -0.3 is 13.9 Å². The number of carbonyl (C=O) groups is 1. The van der Waals surface area contributed by atoms with Crippen molar-refractivity contribution in [1.82, 2.24) is 0 Å². The molecular formula is C14H13ClO5. The summed E-state index contributed by atoms with van der Waals surface area (Å²) in [5.74, 6) is -0.0447. The Morgan fingerprint density at radius 2 is 2.15 bits per heavy atom. The lowest BCUT2D eigenvalue weighted by molar-refractivity contribution is -0.145. The van der Waals surface area contributed by atoms with Crippen LogP contribution in [0, 0.1) is 6.92 Å². The topological polar surface area (TPSA) is 65.7 Å². The maximum absolute atomic E-state index is 11.5. The summed E-state index contributed by atoms with van der Waals surface area (Å²) < 4.78 is 15.1. The summed E-state index contributed by atoms with van der Waals surface area (Å²) in [7, 11) is 0. The molecule has 0 bridgehead atoms. The third kappa shape index (κ3) is 2.93. The fourth-order valence-electron chi connectivity index (χ4n) is 1.75. The van der Waals surface area contributed by atoms with Gasteiger partial charge in [0.2, 0.25) is 0 Å². The molecule has 2 aromatic rings. The van der Waals surface area contributed by atoms with Gasteiger partial charge in [-0.15, -0.1) is 0 Å². The molecule has 0 aliphatic heterocycles. The highest BCUT2D eigenvalue weighted by Gasteiger charge is 2.10. The Bertz CT molecular complexity index is 705. The van der Waals surface area contributed by atoms with Crippen molar-refractivity contribution in [3.63, 3.8) is 0 Å². The molecule has 0 amide bonds. The van der Waals surface area contributed by atoms with Crippen molar-refractivity contribution in [1.29, 1.82) is 0 Å². The first-order chi connectivity index (χ1) is 9.52. The minimum Gasteiger partial charge on any atom is -0.482 e. The molecule has 0 radical (unpaired) electrons. The van der Waals surface area contributed by atoms with E-state index in [0.717, 1.165) is 5.39 Å². The summed E-state index contributed by atoms with van der Waals surface area (Å²) >= 11 is 5.84. The minimum atomic E-state index is -0.598. The Morgan fingerprint density at radius 1 is 1.40 bits per heavy atom. The van der Waals surface area contributed by atoms with Crippen LogP contribution in [0.1, 0.15) is 12.5 Å². The van der Waals surface area contributed by atoms with E-state index in [0.29, 0.717) is 23.5 Å². The van der Waals surface area contributed by atoms with E-state index >= 15 is 0 Å². The quantitative estimate of drug-likeness (QED) is 0.641. The largest absolute Gasteiger partial charge is 0.482 e. The van der Waals surface area contributed by atoms with Crippen LogP contribution in [-0.2, 0) is 9.53 Å². The maximum Gasteiger partial charge on any atom is 0.355 e. The number of aryl methyl sites for hydroxylation is 1. The number of hydrogen-bond acceptors (Lipinski definition) is 5. The van der Waals surface area contributed by atoms with E-state index < -0.39 is 11.6 Å². The lowest BCUT2D eigenvalue weighted by Crippen LogP contribution is -2.14. The van der Waals surface area contributed by atoms with E-state index in [4.69, 9.17) is 25.5 Å². The highest BCUT2D eigenvalue weighted by atomic mass is 35.5. The standard InChI is InChI=1S/C14H13ClO5/c1-3-18-12(16)7-19-9-4-5-10-8(2)13(15)14(17)20-11(10)6-9/h4-6H,3,7H2,1-2H3. The van der Waals surface area contributed by atoms with Gasteiger partial charge in [0.25, 0.3) is 0 Å². The first kappa shape index (κ1) is 14.4. The molecule has 1 aromatic carbocycles. The zero-order valence-electron chi connectivity index (χ0n) is 11.1. The van der Waals surface area contributed by atoms with Crippen molar-refractivity contribution in [3.05, 3.63) is 39.2 Å². The number of benzene rings is 1. The second-order valence-electron chi connectivity index (χ2n) is 4.08. The lowest BCUT2D eigenvalue weighted by atomic mass is 10.1. The number of hydrogen-bond donors (Lipinski definition) is 0. The van der Waals surface area contributed by atoms with Crippen LogP contribution in [0.25, 0.3) is 11.0 Å². The molecule has 0 unspecified atom stereocenters. The first-order valence-corrected chi connectivity index (χ1v) is 6.42. The molecule has 0 aliphatic carbocycles. The number of esters is 1. The fourth-order valence-corrected chi connectivity index (χ4v) is 1.89. The lowest BCUT2D eigenvalue weighted by Gasteiger charge is -2.07. The van der Waals surface area contributed by atoms with Gasteiger partial charge in [-0.05, 0) is 31.5 Å². The van der Waals surface area contributed by atoms with E-state index in [2.05, 4.69) is 0 Å². The van der Waals surface area contributed by atoms with Crippen molar-refractivity contribution in [2.75, 3.05) is 13.2 Å². The van der Waals surface area contributed by atoms with Crippen molar-refractivity contribution in [2.24, 2.45) is 0 Å². The van der Waals surface area contributed by atoms with Crippen molar-refractivity contribution in [2.45, 2.75) is 13.8 Å². The molecule has 106 valence electrons. The molecule has 6 heteroatoms. The van der Waals surface area contributed by atoms with Gasteiger partial charge >= 0.3 is 11.6 Å². The molecule has 0 aliphatic rings. The maximum atomic E-state index is 11.5. The summed E-state index contributed by atoms with van der Waals surface area (Å²) in [4.78, 5) is 22.7. The number of halogens is 1. The van der Waals surface area contributed by atoms with Crippen LogP contribution >= 0.6 is 11.6 Å². The summed E-state index contributed by atoms with van der Waals surface area (Å²) in [6.45, 7) is 3.55. The van der Waals surface area contributed by atoms with Crippen LogP contribution in [0.3, 0.4) is 0 Å². The number of carbonyl (C=O) groups excluding carboxylic acids is 1. The second-order valence-corrected chi connectivity index (χ2v) is 4.46. The van der Waals surface area contributed by atoms with Crippen LogP contribution in [0.2, 0.25) is 5.02 Å². The van der Waals surface area contributed by atoms with Gasteiger partial charge in [-0.2, -0.15) is 0 Å². The Labute approximate surface area is 120 Å². The van der Waals surface area contributed by atoms with Crippen LogP contribution in [0.4, 0.5) is 0 Å². The number of rotatable bonds is 4. The van der Waals surface area contributed by atoms with Gasteiger partial charge in [0.05, 0.1) is 6.61 Å². The van der Waals surface area contributed by atoms with E-state index in [1.54, 1.807) is 32.0 Å². The zero-order valence-corrected chi connectivity index (χ0v) is 11.8. The first-order valence-electron chi connectivity index (χ1n) is 6.04. The summed E-state index contributed by atoms with van der Waals surface area (Å²) in [5, 5.41) is 0.788. The molecule has 0 N–H and O–H groups in total. The van der Waals surface area contributed by atoms with Crippen LogP contribution in [0.15, 0.2) is 27.4 Å². The molecule has 0 spiro atoms. The highest BCUT2D eigenvalue weighted by Crippen LogP contribution is 2.25. The molecule has 20 heavy (non-hydrogen) atoms. The van der Waals surface area contributed by atoms with Gasteiger partial charge in [0, 0.05) is 11.5 Å². The molecule has 5 nitrogen and oxygen atoms in total. The molecule has 1 aromatic heterocycles. The molecule has 0 saturated heterocycles. The minimum absolute atomic E-state index is 0.0673. The fraction of sp³-hybridized carbons (Fsp3) is 0.286. The smallest absolute Gasteiger partial charge is 0.355 e. The van der Waals surface area contributed by atoms with Gasteiger partial charge in [0.15, 0.2) is 6.61 Å². The molecule has 1 heterocycles. The Balaban J connectivity index is 2.28. The molecule has 0 saturated carbocycles. The molecule has 2 rings (SSSR count). The monoisotopic (exact) mass is 296 g/mol. The SMILES string of the molecule is CCOC(=O)COc1ccc2c(C)c(Cl)c(=O)oc2c1. The molecular weight excluding hydrogens is 284 g/mol. The number of fused-ring (bicyclic) bond motifs is 1. The molecule has 0 atom stereocenters. The summed E-state index contributed by atoms with van der Waals surface area (Å²) in [6.07, 6.45) is 0.